The number of aromatic nitrogens is 1. The third-order valence-corrected chi connectivity index (χ3v) is 7.67. The van der Waals surface area contributed by atoms with E-state index in [9.17, 15) is 13.8 Å². The lowest BCUT2D eigenvalue weighted by molar-refractivity contribution is 0.102. The smallest absolute Gasteiger partial charge is 0.267 e. The zero-order chi connectivity index (χ0) is 24.8. The molecule has 0 radical (unpaired) electrons. The van der Waals surface area contributed by atoms with Crippen LogP contribution in [0, 0.1) is 0 Å². The fourth-order valence-electron chi connectivity index (χ4n) is 2.83. The number of aliphatic hydroxyl groups is 1. The number of nitrogens with zero attached hydrogens (tertiary/aromatic N) is 1. The standard InChI is InChI=1S/C21H18Cl3N3O5S2/c1-32-15-7-13(23)6-14(20(29)26-16-3-2-12(22)8-25-16)18(15)27-21(30)19-17(24)11(9-33-19)10-34(31)5-4-28/h2-3,6-9,28H,4-5,10H2,1H3,(H,27,30)(H,25,26,29). The van der Waals surface area contributed by atoms with Crippen molar-refractivity contribution in [2.75, 3.05) is 30.1 Å². The molecule has 13 heteroatoms. The molecule has 0 aliphatic rings. The fourth-order valence-corrected chi connectivity index (χ4v) is 5.52. The van der Waals surface area contributed by atoms with Gasteiger partial charge in [0, 0.05) is 33.8 Å². The second kappa shape index (κ2) is 12.0. The molecule has 0 aliphatic heterocycles. The Balaban J connectivity index is 1.90. The average molecular weight is 563 g/mol. The average Bonchev–Trinajstić information content (AvgIpc) is 3.16. The van der Waals surface area contributed by atoms with E-state index in [2.05, 4.69) is 15.6 Å². The van der Waals surface area contributed by atoms with Crippen molar-refractivity contribution in [2.45, 2.75) is 5.75 Å². The van der Waals surface area contributed by atoms with Crippen molar-refractivity contribution in [3.63, 3.8) is 0 Å². The number of anilines is 2. The van der Waals surface area contributed by atoms with Gasteiger partial charge in [0.1, 0.15) is 16.4 Å². The van der Waals surface area contributed by atoms with Crippen molar-refractivity contribution in [2.24, 2.45) is 0 Å². The summed E-state index contributed by atoms with van der Waals surface area (Å²) < 4.78 is 17.3. The molecule has 3 aromatic rings. The molecule has 180 valence electrons. The van der Waals surface area contributed by atoms with Crippen LogP contribution in [0.25, 0.3) is 0 Å². The number of methoxy groups -OCH3 is 1. The van der Waals surface area contributed by atoms with Crippen LogP contribution in [-0.4, -0.2) is 45.6 Å². The zero-order valence-corrected chi connectivity index (χ0v) is 21.5. The van der Waals surface area contributed by atoms with Gasteiger partial charge in [-0.3, -0.25) is 13.8 Å². The van der Waals surface area contributed by atoms with Crippen LogP contribution in [0.2, 0.25) is 15.1 Å². The number of rotatable bonds is 9. The van der Waals surface area contributed by atoms with E-state index in [4.69, 9.17) is 44.6 Å². The number of halogens is 3. The van der Waals surface area contributed by atoms with Gasteiger partial charge in [0.05, 0.1) is 40.8 Å². The predicted octanol–water partition coefficient (Wildman–Crippen LogP) is 4.86. The quantitative estimate of drug-likeness (QED) is 0.343. The van der Waals surface area contributed by atoms with Crippen molar-refractivity contribution in [3.05, 3.63) is 66.9 Å². The van der Waals surface area contributed by atoms with E-state index in [1.54, 1.807) is 11.4 Å². The van der Waals surface area contributed by atoms with Crippen LogP contribution in [0.5, 0.6) is 5.75 Å². The molecule has 2 heterocycles. The van der Waals surface area contributed by atoms with E-state index in [-0.39, 0.29) is 55.9 Å². The first-order valence-corrected chi connectivity index (χ1v) is 13.1. The van der Waals surface area contributed by atoms with Crippen LogP contribution in [0.3, 0.4) is 0 Å². The lowest BCUT2D eigenvalue weighted by atomic mass is 10.1. The van der Waals surface area contributed by atoms with Crippen LogP contribution >= 0.6 is 46.1 Å². The summed E-state index contributed by atoms with van der Waals surface area (Å²) in [6.07, 6.45) is 1.38. The number of nitrogens with one attached hydrogen (secondary N) is 2. The molecule has 0 spiro atoms. The summed E-state index contributed by atoms with van der Waals surface area (Å²) in [7, 11) is 0.0524. The molecular formula is C21H18Cl3N3O5S2. The van der Waals surface area contributed by atoms with E-state index in [1.807, 2.05) is 0 Å². The lowest BCUT2D eigenvalue weighted by Gasteiger charge is -2.15. The SMILES string of the molecule is COc1cc(Cl)cc(C(=O)Nc2ccc(Cl)cn2)c1NC(=O)c1scc(CS(=O)CCO)c1Cl. The highest BCUT2D eigenvalue weighted by Crippen LogP contribution is 2.35. The summed E-state index contributed by atoms with van der Waals surface area (Å²) >= 11 is 19.4. The molecule has 0 saturated heterocycles. The van der Waals surface area contributed by atoms with Crippen molar-refractivity contribution < 1.29 is 23.6 Å². The first-order chi connectivity index (χ1) is 16.2. The molecule has 1 atom stereocenters. The Hall–Kier alpha value is -2.21. The highest BCUT2D eigenvalue weighted by atomic mass is 35.5. The molecule has 2 aromatic heterocycles. The number of aliphatic hydroxyl groups excluding tert-OH is 1. The van der Waals surface area contributed by atoms with Crippen molar-refractivity contribution in [1.29, 1.82) is 0 Å². The minimum absolute atomic E-state index is 0.0337. The number of ether oxygens (including phenoxy) is 1. The van der Waals surface area contributed by atoms with Crippen molar-refractivity contribution in [3.8, 4) is 5.75 Å². The summed E-state index contributed by atoms with van der Waals surface area (Å²) in [5.74, 6) is -0.567. The summed E-state index contributed by atoms with van der Waals surface area (Å²) in [6, 6.07) is 5.92. The van der Waals surface area contributed by atoms with Gasteiger partial charge in [-0.05, 0) is 29.1 Å². The lowest BCUT2D eigenvalue weighted by Crippen LogP contribution is -2.19. The minimum Gasteiger partial charge on any atom is -0.494 e. The molecule has 8 nitrogen and oxygen atoms in total. The topological polar surface area (TPSA) is 118 Å². The number of thiophene rings is 1. The normalized spacial score (nSPS) is 11.7. The van der Waals surface area contributed by atoms with Gasteiger partial charge < -0.3 is 20.5 Å². The van der Waals surface area contributed by atoms with Gasteiger partial charge in [0.25, 0.3) is 11.8 Å². The van der Waals surface area contributed by atoms with Gasteiger partial charge in [-0.15, -0.1) is 11.3 Å². The summed E-state index contributed by atoms with van der Waals surface area (Å²) in [4.78, 5) is 30.2. The number of carbonyl (C=O) groups is 2. The highest BCUT2D eigenvalue weighted by molar-refractivity contribution is 7.84. The number of pyridine rings is 1. The summed E-state index contributed by atoms with van der Waals surface area (Å²) in [5, 5.41) is 16.6. The Morgan fingerprint density at radius 2 is 1.91 bits per heavy atom. The van der Waals surface area contributed by atoms with Gasteiger partial charge in [-0.2, -0.15) is 0 Å². The molecule has 34 heavy (non-hydrogen) atoms. The molecule has 0 bridgehead atoms. The molecule has 1 unspecified atom stereocenters. The van der Waals surface area contributed by atoms with Crippen LogP contribution in [0.1, 0.15) is 25.6 Å². The molecule has 1 aromatic carbocycles. The maximum atomic E-state index is 13.0. The van der Waals surface area contributed by atoms with E-state index in [0.717, 1.165) is 11.3 Å². The largest absolute Gasteiger partial charge is 0.494 e. The van der Waals surface area contributed by atoms with Crippen LogP contribution in [0.4, 0.5) is 11.5 Å². The van der Waals surface area contributed by atoms with Gasteiger partial charge in [0.15, 0.2) is 0 Å². The molecule has 0 fully saturated rings. The van der Waals surface area contributed by atoms with Gasteiger partial charge in [-0.25, -0.2) is 4.98 Å². The zero-order valence-electron chi connectivity index (χ0n) is 17.6. The first-order valence-electron chi connectivity index (χ1n) is 9.57. The van der Waals surface area contributed by atoms with Crippen LogP contribution < -0.4 is 15.4 Å². The Bertz CT molecular complexity index is 1240. The molecule has 3 rings (SSSR count). The first kappa shape index (κ1) is 26.4. The Morgan fingerprint density at radius 1 is 1.15 bits per heavy atom. The third kappa shape index (κ3) is 6.47. The number of hydrogen-bond donors (Lipinski definition) is 3. The van der Waals surface area contributed by atoms with E-state index < -0.39 is 22.6 Å². The number of hydrogen-bond acceptors (Lipinski definition) is 7. The summed E-state index contributed by atoms with van der Waals surface area (Å²) in [5.41, 5.74) is 0.642. The van der Waals surface area contributed by atoms with E-state index in [0.29, 0.717) is 10.6 Å². The summed E-state index contributed by atoms with van der Waals surface area (Å²) in [6.45, 7) is -0.214. The van der Waals surface area contributed by atoms with E-state index in [1.165, 1.54) is 31.5 Å². The monoisotopic (exact) mass is 561 g/mol. The van der Waals surface area contributed by atoms with Crippen molar-refractivity contribution >= 4 is 80.3 Å². The Morgan fingerprint density at radius 3 is 2.56 bits per heavy atom. The predicted molar refractivity (Wildman–Crippen MR) is 136 cm³/mol. The second-order valence-electron chi connectivity index (χ2n) is 6.72. The molecule has 0 saturated carbocycles. The fraction of sp³-hybridized carbons (Fsp3) is 0.190. The number of benzene rings is 1. The Kier molecular flexibility index (Phi) is 9.29. The highest BCUT2D eigenvalue weighted by Gasteiger charge is 2.23. The van der Waals surface area contributed by atoms with Crippen LogP contribution in [-0.2, 0) is 16.6 Å². The maximum Gasteiger partial charge on any atom is 0.267 e. The molecule has 3 N–H and O–H groups in total. The second-order valence-corrected chi connectivity index (χ2v) is 10.4. The number of carbonyl (C=O) groups excluding carboxylic acids is 2. The molecule has 0 aliphatic carbocycles. The number of amides is 2. The minimum atomic E-state index is -1.32. The van der Waals surface area contributed by atoms with Gasteiger partial charge in [-0.1, -0.05) is 34.8 Å². The van der Waals surface area contributed by atoms with Crippen LogP contribution in [0.15, 0.2) is 35.8 Å². The van der Waals surface area contributed by atoms with E-state index >= 15 is 0 Å². The molecule has 2 amide bonds. The van der Waals surface area contributed by atoms with Crippen molar-refractivity contribution in [1.82, 2.24) is 4.98 Å². The molecular weight excluding hydrogens is 545 g/mol. The van der Waals surface area contributed by atoms with Gasteiger partial charge >= 0.3 is 0 Å². The Labute approximate surface area is 216 Å². The van der Waals surface area contributed by atoms with Gasteiger partial charge in [0.2, 0.25) is 0 Å². The third-order valence-electron chi connectivity index (χ3n) is 4.38. The maximum absolute atomic E-state index is 13.0.